The minimum absolute atomic E-state index is 0.491. The Balaban J connectivity index is 1.23. The highest BCUT2D eigenvalue weighted by atomic mass is 16.5. The van der Waals surface area contributed by atoms with Gasteiger partial charge in [0.15, 0.2) is 5.76 Å². The zero-order valence-corrected chi connectivity index (χ0v) is 19.2. The lowest BCUT2D eigenvalue weighted by Gasteiger charge is -2.10. The number of anilines is 2. The predicted octanol–water partition coefficient (Wildman–Crippen LogP) is 6.67. The predicted molar refractivity (Wildman–Crippen MR) is 139 cm³/mol. The molecule has 0 bridgehead atoms. The summed E-state index contributed by atoms with van der Waals surface area (Å²) in [5.74, 6) is 1.94. The third-order valence-electron chi connectivity index (χ3n) is 5.69. The van der Waals surface area contributed by atoms with Crippen LogP contribution in [0.5, 0.6) is 5.75 Å². The first-order valence-corrected chi connectivity index (χ1v) is 11.5. The second-order valence-corrected chi connectivity index (χ2v) is 8.18. The van der Waals surface area contributed by atoms with Crippen molar-refractivity contribution in [3.63, 3.8) is 0 Å². The average Bonchev–Trinajstić information content (AvgIpc) is 3.37. The summed E-state index contributed by atoms with van der Waals surface area (Å²) in [7, 11) is 0. The van der Waals surface area contributed by atoms with Crippen LogP contribution in [0.1, 0.15) is 5.56 Å². The highest BCUT2D eigenvalue weighted by Gasteiger charge is 2.13. The van der Waals surface area contributed by atoms with Crippen LogP contribution in [-0.4, -0.2) is 20.1 Å². The van der Waals surface area contributed by atoms with E-state index >= 15 is 0 Å². The molecule has 0 atom stereocenters. The van der Waals surface area contributed by atoms with Crippen molar-refractivity contribution < 1.29 is 9.26 Å². The highest BCUT2D eigenvalue weighted by molar-refractivity contribution is 5.94. The summed E-state index contributed by atoms with van der Waals surface area (Å²) < 4.78 is 11.6. The normalized spacial score (nSPS) is 10.9. The summed E-state index contributed by atoms with van der Waals surface area (Å²) in [5.41, 5.74) is 5.31. The fourth-order valence-corrected chi connectivity index (χ4v) is 3.92. The smallest absolute Gasteiger partial charge is 0.227 e. The number of nitrogens with one attached hydrogen (secondary N) is 1. The number of benzene rings is 3. The summed E-state index contributed by atoms with van der Waals surface area (Å²) in [4.78, 5) is 13.3. The van der Waals surface area contributed by atoms with E-state index in [0.717, 1.165) is 44.7 Å². The van der Waals surface area contributed by atoms with Gasteiger partial charge in [-0.2, -0.15) is 0 Å². The van der Waals surface area contributed by atoms with E-state index in [9.17, 15) is 0 Å². The van der Waals surface area contributed by atoms with Crippen molar-refractivity contribution in [3.8, 4) is 28.3 Å². The van der Waals surface area contributed by atoms with Crippen molar-refractivity contribution in [3.05, 3.63) is 115 Å². The van der Waals surface area contributed by atoms with Gasteiger partial charge in [-0.05, 0) is 48.0 Å². The van der Waals surface area contributed by atoms with E-state index in [-0.39, 0.29) is 0 Å². The van der Waals surface area contributed by atoms with E-state index in [0.29, 0.717) is 18.3 Å². The Morgan fingerprint density at radius 2 is 1.75 bits per heavy atom. The number of aromatic nitrogens is 4. The molecule has 36 heavy (non-hydrogen) atoms. The van der Waals surface area contributed by atoms with Gasteiger partial charge in [-0.25, -0.2) is 9.97 Å². The second kappa shape index (κ2) is 9.68. The lowest BCUT2D eigenvalue weighted by atomic mass is 10.1. The van der Waals surface area contributed by atoms with Gasteiger partial charge >= 0.3 is 0 Å². The first-order valence-electron chi connectivity index (χ1n) is 11.5. The van der Waals surface area contributed by atoms with Crippen LogP contribution in [0.4, 0.5) is 11.6 Å². The first kappa shape index (κ1) is 21.5. The number of pyridine rings is 1. The van der Waals surface area contributed by atoms with Gasteiger partial charge < -0.3 is 14.6 Å². The Morgan fingerprint density at radius 1 is 0.806 bits per heavy atom. The highest BCUT2D eigenvalue weighted by Crippen LogP contribution is 2.31. The molecule has 0 spiro atoms. The third kappa shape index (κ3) is 4.63. The van der Waals surface area contributed by atoms with E-state index in [2.05, 4.69) is 20.4 Å². The monoisotopic (exact) mass is 471 g/mol. The maximum Gasteiger partial charge on any atom is 0.227 e. The molecule has 0 amide bonds. The minimum atomic E-state index is 0.491. The lowest BCUT2D eigenvalue weighted by Crippen LogP contribution is -1.99. The summed E-state index contributed by atoms with van der Waals surface area (Å²) >= 11 is 0. The molecule has 6 aromatic rings. The second-order valence-electron chi connectivity index (χ2n) is 8.18. The van der Waals surface area contributed by atoms with Gasteiger partial charge in [-0.3, -0.25) is 4.98 Å². The topological polar surface area (TPSA) is 86.0 Å². The number of fused-ring (bicyclic) bond motifs is 1. The van der Waals surface area contributed by atoms with Gasteiger partial charge in [-0.1, -0.05) is 47.6 Å². The van der Waals surface area contributed by atoms with E-state index < -0.39 is 0 Å². The van der Waals surface area contributed by atoms with Gasteiger partial charge in [0.25, 0.3) is 0 Å². The maximum absolute atomic E-state index is 5.94. The largest absolute Gasteiger partial charge is 0.489 e. The molecule has 0 aliphatic carbocycles. The summed E-state index contributed by atoms with van der Waals surface area (Å²) in [6.07, 6.45) is 5.23. The molecule has 0 aliphatic heterocycles. The molecule has 3 heterocycles. The average molecular weight is 472 g/mol. The summed E-state index contributed by atoms with van der Waals surface area (Å²) in [6, 6.07) is 29.5. The molecule has 7 nitrogen and oxygen atoms in total. The number of hydrogen-bond acceptors (Lipinski definition) is 7. The Hall–Kier alpha value is -5.04. The van der Waals surface area contributed by atoms with Crippen molar-refractivity contribution in [1.82, 2.24) is 20.1 Å². The molecular weight excluding hydrogens is 450 g/mol. The Bertz CT molecular complexity index is 1620. The molecule has 0 saturated carbocycles. The van der Waals surface area contributed by atoms with E-state index in [4.69, 9.17) is 14.2 Å². The van der Waals surface area contributed by atoms with Gasteiger partial charge in [0.2, 0.25) is 5.95 Å². The Morgan fingerprint density at radius 3 is 2.64 bits per heavy atom. The van der Waals surface area contributed by atoms with Gasteiger partial charge in [0, 0.05) is 41.5 Å². The van der Waals surface area contributed by atoms with Crippen molar-refractivity contribution in [1.29, 1.82) is 0 Å². The standard InChI is InChI=1S/C29H21N5O2/c1-2-6-20(7-3-1)19-35-24-10-4-9-23(17-24)32-29-31-15-13-26(33-29)21-11-12-27-25(16-21)28(36-34-27)22-8-5-14-30-18-22/h1-18H,19H2,(H,31,32,33). The van der Waals surface area contributed by atoms with E-state index in [1.165, 1.54) is 0 Å². The third-order valence-corrected chi connectivity index (χ3v) is 5.69. The van der Waals surface area contributed by atoms with Gasteiger partial charge in [-0.15, -0.1) is 0 Å². The quantitative estimate of drug-likeness (QED) is 0.278. The van der Waals surface area contributed by atoms with E-state index in [1.807, 2.05) is 91.0 Å². The molecule has 7 heteroatoms. The van der Waals surface area contributed by atoms with Crippen LogP contribution < -0.4 is 10.1 Å². The summed E-state index contributed by atoms with van der Waals surface area (Å²) in [5, 5.41) is 8.37. The van der Waals surface area contributed by atoms with Crippen LogP contribution >= 0.6 is 0 Å². The molecule has 0 fully saturated rings. The maximum atomic E-state index is 5.94. The molecule has 3 aromatic heterocycles. The van der Waals surface area contributed by atoms with Crippen molar-refractivity contribution in [2.45, 2.75) is 6.61 Å². The minimum Gasteiger partial charge on any atom is -0.489 e. The number of rotatable bonds is 7. The molecule has 0 aliphatic rings. The lowest BCUT2D eigenvalue weighted by molar-refractivity contribution is 0.306. The van der Waals surface area contributed by atoms with Crippen LogP contribution in [0.25, 0.3) is 33.5 Å². The van der Waals surface area contributed by atoms with Crippen molar-refractivity contribution in [2.75, 3.05) is 5.32 Å². The first-order chi connectivity index (χ1) is 17.8. The fourth-order valence-electron chi connectivity index (χ4n) is 3.92. The molecule has 174 valence electrons. The molecule has 1 N–H and O–H groups in total. The number of hydrogen-bond donors (Lipinski definition) is 1. The van der Waals surface area contributed by atoms with Crippen LogP contribution in [-0.2, 0) is 6.61 Å². The fraction of sp³-hybridized carbons (Fsp3) is 0.0345. The molecule has 0 saturated heterocycles. The van der Waals surface area contributed by atoms with Gasteiger partial charge in [0.1, 0.15) is 17.9 Å². The molecular formula is C29H21N5O2. The number of nitrogens with zero attached hydrogens (tertiary/aromatic N) is 4. The van der Waals surface area contributed by atoms with Crippen LogP contribution in [0.3, 0.4) is 0 Å². The molecule has 6 rings (SSSR count). The van der Waals surface area contributed by atoms with E-state index in [1.54, 1.807) is 18.6 Å². The van der Waals surface area contributed by atoms with Crippen LogP contribution in [0, 0.1) is 0 Å². The Labute approximate surface area is 207 Å². The zero-order chi connectivity index (χ0) is 24.2. The molecule has 0 radical (unpaired) electrons. The molecule has 3 aromatic carbocycles. The van der Waals surface area contributed by atoms with Crippen LogP contribution in [0.2, 0.25) is 0 Å². The molecule has 0 unspecified atom stereocenters. The van der Waals surface area contributed by atoms with Crippen molar-refractivity contribution >= 4 is 22.5 Å². The zero-order valence-electron chi connectivity index (χ0n) is 19.2. The number of ether oxygens (including phenoxy) is 1. The Kier molecular flexibility index (Phi) is 5.78. The van der Waals surface area contributed by atoms with Crippen LogP contribution in [0.15, 0.2) is 114 Å². The SMILES string of the molecule is c1ccc(COc2cccc(Nc3nccc(-c4ccc5noc(-c6cccnc6)c5c4)n3)c2)cc1. The van der Waals surface area contributed by atoms with Crippen molar-refractivity contribution in [2.24, 2.45) is 0 Å². The summed E-state index contributed by atoms with van der Waals surface area (Å²) in [6.45, 7) is 0.503. The van der Waals surface area contributed by atoms with Gasteiger partial charge in [0.05, 0.1) is 11.1 Å².